The van der Waals surface area contributed by atoms with E-state index in [1.807, 2.05) is 11.6 Å². The van der Waals surface area contributed by atoms with Gasteiger partial charge in [-0.2, -0.15) is 0 Å². The van der Waals surface area contributed by atoms with E-state index in [1.54, 1.807) is 14.2 Å². The number of methoxy groups -OCH3 is 1. The van der Waals surface area contributed by atoms with Gasteiger partial charge in [0.15, 0.2) is 5.82 Å². The van der Waals surface area contributed by atoms with Crippen LogP contribution in [0.25, 0.3) is 0 Å². The van der Waals surface area contributed by atoms with E-state index in [0.29, 0.717) is 19.8 Å². The molecule has 0 spiro atoms. The summed E-state index contributed by atoms with van der Waals surface area (Å²) in [6, 6.07) is 0. The van der Waals surface area contributed by atoms with Gasteiger partial charge in [-0.25, -0.2) is 0 Å². The van der Waals surface area contributed by atoms with E-state index < -0.39 is 0 Å². The summed E-state index contributed by atoms with van der Waals surface area (Å²) in [5, 5.41) is 10.8. The van der Waals surface area contributed by atoms with Crippen molar-refractivity contribution in [1.29, 1.82) is 0 Å². The summed E-state index contributed by atoms with van der Waals surface area (Å²) in [7, 11) is 5.34. The first-order valence-electron chi connectivity index (χ1n) is 4.42. The molecule has 0 bridgehead atoms. The second-order valence-corrected chi connectivity index (χ2v) is 2.79. The Morgan fingerprint density at radius 2 is 2.14 bits per heavy atom. The van der Waals surface area contributed by atoms with Gasteiger partial charge in [-0.1, -0.05) is 0 Å². The minimum Gasteiger partial charge on any atom is -0.382 e. The van der Waals surface area contributed by atoms with Crippen molar-refractivity contribution in [3.05, 3.63) is 5.82 Å². The van der Waals surface area contributed by atoms with Gasteiger partial charge in [-0.05, 0) is 0 Å². The molecule has 1 heterocycles. The molecule has 1 aromatic heterocycles. The average molecular weight is 200 g/mol. The maximum Gasteiger partial charge on any atom is 0.224 e. The van der Waals surface area contributed by atoms with E-state index in [1.165, 1.54) is 0 Å². The Morgan fingerprint density at radius 3 is 2.71 bits per heavy atom. The number of hydrogen-bond donors (Lipinski definition) is 1. The maximum atomic E-state index is 5.32. The van der Waals surface area contributed by atoms with Crippen LogP contribution in [0.1, 0.15) is 5.82 Å². The Kier molecular flexibility index (Phi) is 4.34. The van der Waals surface area contributed by atoms with Crippen LogP contribution in [0.2, 0.25) is 0 Å². The Hall–Kier alpha value is -1.14. The van der Waals surface area contributed by atoms with Crippen LogP contribution in [0.4, 0.5) is 5.95 Å². The molecular weight excluding hydrogens is 184 g/mol. The third kappa shape index (κ3) is 2.68. The summed E-state index contributed by atoms with van der Waals surface area (Å²) < 4.78 is 12.0. The highest BCUT2D eigenvalue weighted by atomic mass is 16.5. The van der Waals surface area contributed by atoms with Gasteiger partial charge in [-0.3, -0.25) is 4.57 Å². The molecule has 1 N–H and O–H groups in total. The van der Waals surface area contributed by atoms with Crippen LogP contribution in [-0.2, 0) is 23.1 Å². The van der Waals surface area contributed by atoms with E-state index in [2.05, 4.69) is 15.5 Å². The van der Waals surface area contributed by atoms with Gasteiger partial charge in [-0.15, -0.1) is 10.2 Å². The molecule has 0 atom stereocenters. The van der Waals surface area contributed by atoms with Gasteiger partial charge in [0.25, 0.3) is 0 Å². The Morgan fingerprint density at radius 1 is 1.36 bits per heavy atom. The quantitative estimate of drug-likeness (QED) is 0.656. The molecule has 0 aliphatic rings. The van der Waals surface area contributed by atoms with E-state index in [9.17, 15) is 0 Å². The van der Waals surface area contributed by atoms with Crippen LogP contribution < -0.4 is 5.32 Å². The first-order valence-corrected chi connectivity index (χ1v) is 4.42. The third-order valence-corrected chi connectivity index (χ3v) is 1.85. The summed E-state index contributed by atoms with van der Waals surface area (Å²) in [6.07, 6.45) is 0. The van der Waals surface area contributed by atoms with Crippen molar-refractivity contribution in [2.45, 2.75) is 6.61 Å². The zero-order valence-corrected chi connectivity index (χ0v) is 8.78. The van der Waals surface area contributed by atoms with Crippen molar-refractivity contribution in [3.63, 3.8) is 0 Å². The SMILES string of the molecule is CNc1nnc(COCCOC)n1C. The Bertz CT molecular complexity index is 274. The number of aromatic nitrogens is 3. The summed E-state index contributed by atoms with van der Waals surface area (Å²) >= 11 is 0. The molecule has 0 aliphatic heterocycles. The zero-order valence-electron chi connectivity index (χ0n) is 8.78. The van der Waals surface area contributed by atoms with E-state index in [4.69, 9.17) is 9.47 Å². The predicted molar refractivity (Wildman–Crippen MR) is 52.1 cm³/mol. The summed E-state index contributed by atoms with van der Waals surface area (Å²) in [6.45, 7) is 1.61. The van der Waals surface area contributed by atoms with Crippen molar-refractivity contribution in [2.75, 3.05) is 32.7 Å². The van der Waals surface area contributed by atoms with Crippen molar-refractivity contribution in [2.24, 2.45) is 7.05 Å². The smallest absolute Gasteiger partial charge is 0.224 e. The fourth-order valence-electron chi connectivity index (χ4n) is 1.01. The molecule has 0 radical (unpaired) electrons. The van der Waals surface area contributed by atoms with Crippen LogP contribution in [0, 0.1) is 0 Å². The van der Waals surface area contributed by atoms with Gasteiger partial charge in [0, 0.05) is 21.2 Å². The molecule has 0 aromatic carbocycles. The van der Waals surface area contributed by atoms with Crippen molar-refractivity contribution < 1.29 is 9.47 Å². The molecule has 1 rings (SSSR count). The van der Waals surface area contributed by atoms with Crippen LogP contribution >= 0.6 is 0 Å². The Balaban J connectivity index is 2.39. The molecule has 6 heteroatoms. The van der Waals surface area contributed by atoms with Crippen molar-refractivity contribution >= 4 is 5.95 Å². The zero-order chi connectivity index (χ0) is 10.4. The first-order chi connectivity index (χ1) is 6.79. The van der Waals surface area contributed by atoms with Crippen LogP contribution in [0.3, 0.4) is 0 Å². The fourth-order valence-corrected chi connectivity index (χ4v) is 1.01. The lowest BCUT2D eigenvalue weighted by molar-refractivity contribution is 0.0576. The highest BCUT2D eigenvalue weighted by molar-refractivity contribution is 5.23. The second kappa shape index (κ2) is 5.56. The van der Waals surface area contributed by atoms with Gasteiger partial charge in [0.1, 0.15) is 6.61 Å². The third-order valence-electron chi connectivity index (χ3n) is 1.85. The molecule has 14 heavy (non-hydrogen) atoms. The molecule has 0 unspecified atom stereocenters. The lowest BCUT2D eigenvalue weighted by Gasteiger charge is -2.04. The van der Waals surface area contributed by atoms with Crippen LogP contribution in [-0.4, -0.2) is 42.1 Å². The van der Waals surface area contributed by atoms with Crippen molar-refractivity contribution in [3.8, 4) is 0 Å². The van der Waals surface area contributed by atoms with Crippen molar-refractivity contribution in [1.82, 2.24) is 14.8 Å². The number of hydrogen-bond acceptors (Lipinski definition) is 5. The van der Waals surface area contributed by atoms with Crippen LogP contribution in [0.15, 0.2) is 0 Å². The van der Waals surface area contributed by atoms with E-state index in [-0.39, 0.29) is 0 Å². The van der Waals surface area contributed by atoms with Crippen LogP contribution in [0.5, 0.6) is 0 Å². The topological polar surface area (TPSA) is 61.2 Å². The van der Waals surface area contributed by atoms with Gasteiger partial charge in [0.05, 0.1) is 13.2 Å². The molecule has 80 valence electrons. The predicted octanol–water partition coefficient (Wildman–Crippen LogP) is 0.0198. The second-order valence-electron chi connectivity index (χ2n) is 2.79. The Labute approximate surface area is 83.2 Å². The highest BCUT2D eigenvalue weighted by Crippen LogP contribution is 2.04. The summed E-state index contributed by atoms with van der Waals surface area (Å²) in [5.41, 5.74) is 0. The molecule has 0 aliphatic carbocycles. The molecule has 0 saturated carbocycles. The molecule has 0 amide bonds. The fraction of sp³-hybridized carbons (Fsp3) is 0.750. The lowest BCUT2D eigenvalue weighted by Crippen LogP contribution is -2.07. The maximum absolute atomic E-state index is 5.32. The molecule has 1 aromatic rings. The first kappa shape index (κ1) is 10.9. The molecule has 0 saturated heterocycles. The van der Waals surface area contributed by atoms with E-state index >= 15 is 0 Å². The van der Waals surface area contributed by atoms with Gasteiger partial charge < -0.3 is 14.8 Å². The number of nitrogens with zero attached hydrogens (tertiary/aromatic N) is 3. The number of anilines is 1. The summed E-state index contributed by atoms with van der Waals surface area (Å²) in [5.74, 6) is 1.53. The normalized spacial score (nSPS) is 10.5. The number of ether oxygens (including phenoxy) is 2. The number of rotatable bonds is 6. The van der Waals surface area contributed by atoms with Gasteiger partial charge in [0.2, 0.25) is 5.95 Å². The largest absolute Gasteiger partial charge is 0.382 e. The summed E-state index contributed by atoms with van der Waals surface area (Å²) in [4.78, 5) is 0. The minimum atomic E-state index is 0.453. The standard InChI is InChI=1S/C8H16N4O2/c1-9-8-11-10-7(12(8)2)6-14-5-4-13-3/h4-6H2,1-3H3,(H,9,11). The molecule has 0 fully saturated rings. The number of nitrogens with one attached hydrogen (secondary N) is 1. The highest BCUT2D eigenvalue weighted by Gasteiger charge is 2.05. The minimum absolute atomic E-state index is 0.453. The monoisotopic (exact) mass is 200 g/mol. The van der Waals surface area contributed by atoms with E-state index in [0.717, 1.165) is 11.8 Å². The van der Waals surface area contributed by atoms with Gasteiger partial charge >= 0.3 is 0 Å². The lowest BCUT2D eigenvalue weighted by atomic mass is 10.6. The average Bonchev–Trinajstić information content (AvgIpc) is 2.55. The molecular formula is C8H16N4O2. The molecule has 6 nitrogen and oxygen atoms in total.